The maximum atomic E-state index is 6.24. The van der Waals surface area contributed by atoms with Crippen LogP contribution in [0.3, 0.4) is 0 Å². The minimum absolute atomic E-state index is 0.136. The van der Waals surface area contributed by atoms with Crippen LogP contribution in [0.5, 0.6) is 17.2 Å². The molecule has 0 N–H and O–H groups in total. The molecule has 0 radical (unpaired) electrons. The van der Waals surface area contributed by atoms with Gasteiger partial charge >= 0.3 is 0 Å². The van der Waals surface area contributed by atoms with E-state index in [2.05, 4.69) is 30.9 Å². The van der Waals surface area contributed by atoms with Crippen molar-refractivity contribution in [3.05, 3.63) is 53.6 Å². The van der Waals surface area contributed by atoms with E-state index in [-0.39, 0.29) is 12.3 Å². The maximum Gasteiger partial charge on any atom is 0.144 e. The highest BCUT2D eigenvalue weighted by Gasteiger charge is 2.35. The molecular formula is C22H29NO4. The zero-order valence-electron chi connectivity index (χ0n) is 16.6. The maximum absolute atomic E-state index is 6.24. The molecule has 1 fully saturated rings. The minimum atomic E-state index is -0.206. The molecule has 0 amide bonds. The molecule has 27 heavy (non-hydrogen) atoms. The second-order valence-electron chi connectivity index (χ2n) is 6.80. The monoisotopic (exact) mass is 371 g/mol. The summed E-state index contributed by atoms with van der Waals surface area (Å²) in [5, 5.41) is 0. The average Bonchev–Trinajstić information content (AvgIpc) is 3.06. The Labute approximate surface area is 161 Å². The van der Waals surface area contributed by atoms with Gasteiger partial charge in [-0.05, 0) is 43.2 Å². The normalized spacial score (nSPS) is 19.9. The Kier molecular flexibility index (Phi) is 6.58. The van der Waals surface area contributed by atoms with Crippen molar-refractivity contribution in [1.82, 2.24) is 4.90 Å². The molecule has 1 aliphatic rings. The molecular weight excluding hydrogens is 342 g/mol. The van der Waals surface area contributed by atoms with Gasteiger partial charge in [-0.3, -0.25) is 4.90 Å². The summed E-state index contributed by atoms with van der Waals surface area (Å²) in [6, 6.07) is 14.1. The van der Waals surface area contributed by atoms with Crippen LogP contribution in [-0.2, 0) is 11.3 Å². The molecule has 0 aromatic heterocycles. The van der Waals surface area contributed by atoms with Gasteiger partial charge in [-0.25, -0.2) is 0 Å². The van der Waals surface area contributed by atoms with E-state index in [0.29, 0.717) is 0 Å². The summed E-state index contributed by atoms with van der Waals surface area (Å²) in [5.41, 5.74) is 2.16. The van der Waals surface area contributed by atoms with Crippen molar-refractivity contribution in [1.29, 1.82) is 0 Å². The van der Waals surface area contributed by atoms with Gasteiger partial charge in [0.1, 0.15) is 23.5 Å². The van der Waals surface area contributed by atoms with E-state index in [1.54, 1.807) is 14.2 Å². The van der Waals surface area contributed by atoms with Crippen molar-refractivity contribution in [3.8, 4) is 17.2 Å². The van der Waals surface area contributed by atoms with Crippen LogP contribution in [0, 0.1) is 0 Å². The Balaban J connectivity index is 1.81. The van der Waals surface area contributed by atoms with E-state index in [1.807, 2.05) is 30.3 Å². The lowest BCUT2D eigenvalue weighted by Crippen LogP contribution is -2.24. The number of benzene rings is 2. The third kappa shape index (κ3) is 4.54. The SMILES string of the molecule is CCCOc1ccc(CN2CC(C)O[C@@H]2c2c(OC)cccc2OC)cc1. The van der Waals surface area contributed by atoms with Crippen molar-refractivity contribution in [2.24, 2.45) is 0 Å². The molecule has 5 heteroatoms. The predicted molar refractivity (Wildman–Crippen MR) is 105 cm³/mol. The third-order valence-corrected chi connectivity index (χ3v) is 4.68. The van der Waals surface area contributed by atoms with Crippen LogP contribution in [0.25, 0.3) is 0 Å². The van der Waals surface area contributed by atoms with Gasteiger partial charge in [0.25, 0.3) is 0 Å². The van der Waals surface area contributed by atoms with Gasteiger partial charge in [0.05, 0.1) is 32.5 Å². The van der Waals surface area contributed by atoms with E-state index >= 15 is 0 Å². The Bertz CT molecular complexity index is 709. The highest BCUT2D eigenvalue weighted by Crippen LogP contribution is 2.41. The Morgan fingerprint density at radius 3 is 2.30 bits per heavy atom. The average molecular weight is 371 g/mol. The molecule has 2 aromatic carbocycles. The number of hydrogen-bond acceptors (Lipinski definition) is 5. The summed E-state index contributed by atoms with van der Waals surface area (Å²) in [6.45, 7) is 6.57. The Hall–Kier alpha value is -2.24. The molecule has 1 unspecified atom stereocenters. The molecule has 5 nitrogen and oxygen atoms in total. The van der Waals surface area contributed by atoms with Crippen LogP contribution in [0.15, 0.2) is 42.5 Å². The highest BCUT2D eigenvalue weighted by molar-refractivity contribution is 5.46. The quantitative estimate of drug-likeness (QED) is 0.687. The van der Waals surface area contributed by atoms with Gasteiger partial charge in [0.2, 0.25) is 0 Å². The topological polar surface area (TPSA) is 40.2 Å². The molecule has 0 saturated carbocycles. The fourth-order valence-electron chi connectivity index (χ4n) is 3.44. The number of nitrogens with zero attached hydrogens (tertiary/aromatic N) is 1. The number of hydrogen-bond donors (Lipinski definition) is 0. The molecule has 0 spiro atoms. The van der Waals surface area contributed by atoms with E-state index in [9.17, 15) is 0 Å². The van der Waals surface area contributed by atoms with Crippen molar-refractivity contribution in [2.75, 3.05) is 27.4 Å². The van der Waals surface area contributed by atoms with Gasteiger partial charge in [-0.15, -0.1) is 0 Å². The summed E-state index contributed by atoms with van der Waals surface area (Å²) in [6.07, 6.45) is 0.937. The Morgan fingerprint density at radius 1 is 1.04 bits per heavy atom. The molecule has 0 bridgehead atoms. The highest BCUT2D eigenvalue weighted by atomic mass is 16.5. The molecule has 1 heterocycles. The number of ether oxygens (including phenoxy) is 4. The molecule has 0 aliphatic carbocycles. The first kappa shape index (κ1) is 19.5. The van der Waals surface area contributed by atoms with Crippen LogP contribution >= 0.6 is 0 Å². The lowest BCUT2D eigenvalue weighted by molar-refractivity contribution is -0.00143. The first-order chi connectivity index (χ1) is 13.2. The van der Waals surface area contributed by atoms with Crippen LogP contribution < -0.4 is 14.2 Å². The van der Waals surface area contributed by atoms with Crippen LogP contribution in [0.1, 0.15) is 37.6 Å². The number of rotatable bonds is 8. The summed E-state index contributed by atoms with van der Waals surface area (Å²) < 4.78 is 23.1. The molecule has 1 saturated heterocycles. The van der Waals surface area contributed by atoms with E-state index in [1.165, 1.54) is 5.56 Å². The van der Waals surface area contributed by atoms with E-state index in [0.717, 1.165) is 48.9 Å². The third-order valence-electron chi connectivity index (χ3n) is 4.68. The zero-order valence-corrected chi connectivity index (χ0v) is 16.6. The van der Waals surface area contributed by atoms with Crippen molar-refractivity contribution in [3.63, 3.8) is 0 Å². The second kappa shape index (κ2) is 9.11. The van der Waals surface area contributed by atoms with Crippen molar-refractivity contribution in [2.45, 2.75) is 39.1 Å². The van der Waals surface area contributed by atoms with Gasteiger partial charge in [0.15, 0.2) is 0 Å². The smallest absolute Gasteiger partial charge is 0.144 e. The van der Waals surface area contributed by atoms with Gasteiger partial charge in [0, 0.05) is 13.1 Å². The summed E-state index contributed by atoms with van der Waals surface area (Å²) in [5.74, 6) is 2.47. The minimum Gasteiger partial charge on any atom is -0.496 e. The molecule has 2 aromatic rings. The predicted octanol–water partition coefficient (Wildman–Crippen LogP) is 4.41. The summed E-state index contributed by atoms with van der Waals surface area (Å²) in [4.78, 5) is 2.31. The van der Waals surface area contributed by atoms with Crippen molar-refractivity contribution >= 4 is 0 Å². The fraction of sp³-hybridized carbons (Fsp3) is 0.455. The second-order valence-corrected chi connectivity index (χ2v) is 6.80. The summed E-state index contributed by atoms with van der Waals surface area (Å²) >= 11 is 0. The van der Waals surface area contributed by atoms with Gasteiger partial charge in [-0.2, -0.15) is 0 Å². The van der Waals surface area contributed by atoms with Crippen LogP contribution in [0.4, 0.5) is 0 Å². The molecule has 146 valence electrons. The number of methoxy groups -OCH3 is 2. The molecule has 3 rings (SSSR count). The first-order valence-electron chi connectivity index (χ1n) is 9.48. The van der Waals surface area contributed by atoms with Gasteiger partial charge in [-0.1, -0.05) is 25.1 Å². The lowest BCUT2D eigenvalue weighted by atomic mass is 10.1. The Morgan fingerprint density at radius 2 is 1.70 bits per heavy atom. The zero-order chi connectivity index (χ0) is 19.2. The van der Waals surface area contributed by atoms with Crippen LogP contribution in [0.2, 0.25) is 0 Å². The lowest BCUT2D eigenvalue weighted by Gasteiger charge is -2.26. The van der Waals surface area contributed by atoms with Crippen molar-refractivity contribution < 1.29 is 18.9 Å². The van der Waals surface area contributed by atoms with E-state index < -0.39 is 0 Å². The molecule has 1 aliphatic heterocycles. The van der Waals surface area contributed by atoms with Crippen LogP contribution in [-0.4, -0.2) is 38.4 Å². The molecule has 2 atom stereocenters. The fourth-order valence-corrected chi connectivity index (χ4v) is 3.44. The van der Waals surface area contributed by atoms with E-state index in [4.69, 9.17) is 18.9 Å². The largest absolute Gasteiger partial charge is 0.496 e. The first-order valence-corrected chi connectivity index (χ1v) is 9.48. The summed E-state index contributed by atoms with van der Waals surface area (Å²) in [7, 11) is 3.35. The van der Waals surface area contributed by atoms with Gasteiger partial charge < -0.3 is 18.9 Å². The standard InChI is InChI=1S/C22H29NO4/c1-5-13-26-18-11-9-17(10-12-18)15-23-14-16(2)27-22(23)21-19(24-3)7-6-8-20(21)25-4/h6-12,16,22H,5,13-15H2,1-4H3/t16?,22-/m1/s1.